The molecule has 0 aliphatic rings. The van der Waals surface area contributed by atoms with Crippen molar-refractivity contribution in [3.8, 4) is 0 Å². The predicted molar refractivity (Wildman–Crippen MR) is 74.8 cm³/mol. The first-order valence-corrected chi connectivity index (χ1v) is 5.90. The Hall–Kier alpha value is -2.60. The monoisotopic (exact) mass is 292 g/mol. The van der Waals surface area contributed by atoms with E-state index in [1.165, 1.54) is 24.3 Å². The second kappa shape index (κ2) is 5.58. The molecule has 0 amide bonds. The summed E-state index contributed by atoms with van der Waals surface area (Å²) in [4.78, 5) is 21.2. The van der Waals surface area contributed by atoms with Crippen molar-refractivity contribution in [1.82, 2.24) is 0 Å². The maximum atomic E-state index is 10.9. The smallest absolute Gasteiger partial charge is 0.337 e. The second-order valence-electron chi connectivity index (χ2n) is 3.90. The number of carbonyl (C=O) groups is 1. The largest absolute Gasteiger partial charge is 0.478 e. The highest BCUT2D eigenvalue weighted by atomic mass is 35.5. The molecule has 0 spiro atoms. The Kier molecular flexibility index (Phi) is 3.86. The van der Waals surface area contributed by atoms with E-state index >= 15 is 0 Å². The van der Waals surface area contributed by atoms with Crippen molar-refractivity contribution < 1.29 is 14.8 Å². The van der Waals surface area contributed by atoms with Crippen molar-refractivity contribution in [2.45, 2.75) is 0 Å². The molecular weight excluding hydrogens is 284 g/mol. The van der Waals surface area contributed by atoms with Gasteiger partial charge in [-0.25, -0.2) is 4.79 Å². The third-order valence-corrected chi connectivity index (χ3v) is 2.89. The predicted octanol–water partition coefficient (Wildman–Crippen LogP) is 3.69. The number of hydrogen-bond acceptors (Lipinski definition) is 4. The molecule has 0 radical (unpaired) electrons. The van der Waals surface area contributed by atoms with Gasteiger partial charge < -0.3 is 10.4 Å². The number of carboxylic acid groups (broad SMARTS) is 1. The van der Waals surface area contributed by atoms with Crippen LogP contribution in [0.3, 0.4) is 0 Å². The van der Waals surface area contributed by atoms with Gasteiger partial charge in [0.05, 0.1) is 15.5 Å². The summed E-state index contributed by atoms with van der Waals surface area (Å²) in [5.74, 6) is -1.13. The molecule has 2 rings (SSSR count). The summed E-state index contributed by atoms with van der Waals surface area (Å²) < 4.78 is 0. The van der Waals surface area contributed by atoms with E-state index in [1.54, 1.807) is 18.2 Å². The highest BCUT2D eigenvalue weighted by molar-refractivity contribution is 6.33. The van der Waals surface area contributed by atoms with Gasteiger partial charge in [0, 0.05) is 11.8 Å². The minimum atomic E-state index is -1.13. The molecule has 0 saturated heterocycles. The number of rotatable bonds is 4. The van der Waals surface area contributed by atoms with Crippen LogP contribution >= 0.6 is 11.6 Å². The maximum absolute atomic E-state index is 10.9. The summed E-state index contributed by atoms with van der Waals surface area (Å²) >= 11 is 5.84. The molecule has 0 atom stereocenters. The van der Waals surface area contributed by atoms with Crippen molar-refractivity contribution in [2.24, 2.45) is 0 Å². The van der Waals surface area contributed by atoms with Crippen LogP contribution in [0.15, 0.2) is 42.5 Å². The van der Waals surface area contributed by atoms with Gasteiger partial charge in [-0.15, -0.1) is 0 Å². The molecule has 102 valence electrons. The van der Waals surface area contributed by atoms with Crippen LogP contribution in [-0.2, 0) is 0 Å². The van der Waals surface area contributed by atoms with Gasteiger partial charge in [0.15, 0.2) is 0 Å². The summed E-state index contributed by atoms with van der Waals surface area (Å²) in [5.41, 5.74) is 0.664. The molecule has 6 nitrogen and oxygen atoms in total. The second-order valence-corrected chi connectivity index (χ2v) is 4.31. The van der Waals surface area contributed by atoms with Crippen LogP contribution in [0.5, 0.6) is 0 Å². The summed E-state index contributed by atoms with van der Waals surface area (Å²) in [6.07, 6.45) is 0. The number of anilines is 2. The Morgan fingerprint density at radius 3 is 2.55 bits per heavy atom. The number of nitrogens with zero attached hydrogens (tertiary/aromatic N) is 1. The molecule has 2 N–H and O–H groups in total. The molecule has 0 bridgehead atoms. The number of nitro benzene ring substituents is 1. The molecule has 2 aromatic rings. The lowest BCUT2D eigenvalue weighted by molar-refractivity contribution is -0.383. The van der Waals surface area contributed by atoms with E-state index < -0.39 is 10.9 Å². The third kappa shape index (κ3) is 2.86. The molecule has 0 saturated carbocycles. The molecule has 0 unspecified atom stereocenters. The number of para-hydroxylation sites is 2. The van der Waals surface area contributed by atoms with Gasteiger partial charge in [0.2, 0.25) is 0 Å². The molecule has 7 heteroatoms. The van der Waals surface area contributed by atoms with E-state index in [2.05, 4.69) is 5.32 Å². The number of carboxylic acids is 1. The van der Waals surface area contributed by atoms with Crippen LogP contribution in [0.25, 0.3) is 0 Å². The van der Waals surface area contributed by atoms with Crippen LogP contribution in [0.1, 0.15) is 10.4 Å². The standard InChI is InChI=1S/C13H9ClN2O4/c14-10-7-8(5-6-9(10)13(17)18)15-11-3-1-2-4-12(11)16(19)20/h1-7,15H,(H,17,18). The maximum Gasteiger partial charge on any atom is 0.337 e. The molecule has 0 aromatic heterocycles. The van der Waals surface area contributed by atoms with Crippen LogP contribution < -0.4 is 5.32 Å². The average molecular weight is 293 g/mol. The fourth-order valence-electron chi connectivity index (χ4n) is 1.66. The zero-order valence-corrected chi connectivity index (χ0v) is 10.8. The van der Waals surface area contributed by atoms with Crippen molar-refractivity contribution in [2.75, 3.05) is 5.32 Å². The van der Waals surface area contributed by atoms with E-state index in [9.17, 15) is 14.9 Å². The van der Waals surface area contributed by atoms with Gasteiger partial charge in [-0.1, -0.05) is 23.7 Å². The van der Waals surface area contributed by atoms with Crippen LogP contribution in [-0.4, -0.2) is 16.0 Å². The van der Waals surface area contributed by atoms with Crippen LogP contribution in [0, 0.1) is 10.1 Å². The lowest BCUT2D eigenvalue weighted by atomic mass is 10.2. The third-order valence-electron chi connectivity index (χ3n) is 2.58. The molecular formula is C13H9ClN2O4. The van der Waals surface area contributed by atoms with Crippen LogP contribution in [0.2, 0.25) is 5.02 Å². The summed E-state index contributed by atoms with van der Waals surface area (Å²) in [5, 5.41) is 22.7. The van der Waals surface area contributed by atoms with Crippen molar-refractivity contribution >= 4 is 34.6 Å². The topological polar surface area (TPSA) is 92.5 Å². The Bertz CT molecular complexity index is 688. The van der Waals surface area contributed by atoms with Gasteiger partial charge in [-0.05, 0) is 24.3 Å². The average Bonchev–Trinajstić information content (AvgIpc) is 2.38. The Morgan fingerprint density at radius 1 is 1.25 bits per heavy atom. The Morgan fingerprint density at radius 2 is 1.95 bits per heavy atom. The first-order chi connectivity index (χ1) is 9.49. The van der Waals surface area contributed by atoms with Crippen LogP contribution in [0.4, 0.5) is 17.1 Å². The van der Waals surface area contributed by atoms with Gasteiger partial charge >= 0.3 is 5.97 Å². The minimum Gasteiger partial charge on any atom is -0.478 e. The first kappa shape index (κ1) is 13.8. The highest BCUT2D eigenvalue weighted by Gasteiger charge is 2.14. The van der Waals surface area contributed by atoms with E-state index in [-0.39, 0.29) is 16.3 Å². The zero-order chi connectivity index (χ0) is 14.7. The lowest BCUT2D eigenvalue weighted by Crippen LogP contribution is -2.00. The van der Waals surface area contributed by atoms with E-state index in [4.69, 9.17) is 16.7 Å². The van der Waals surface area contributed by atoms with E-state index in [0.717, 1.165) is 0 Å². The van der Waals surface area contributed by atoms with E-state index in [0.29, 0.717) is 11.4 Å². The van der Waals surface area contributed by atoms with Crippen molar-refractivity contribution in [3.05, 3.63) is 63.2 Å². The van der Waals surface area contributed by atoms with Gasteiger partial charge in [0.1, 0.15) is 5.69 Å². The molecule has 0 aliphatic carbocycles. The summed E-state index contributed by atoms with van der Waals surface area (Å²) in [7, 11) is 0. The van der Waals surface area contributed by atoms with Gasteiger partial charge in [-0.2, -0.15) is 0 Å². The Balaban J connectivity index is 2.34. The molecule has 2 aromatic carbocycles. The summed E-state index contributed by atoms with van der Waals surface area (Å²) in [6, 6.07) is 10.4. The van der Waals surface area contributed by atoms with Crippen molar-refractivity contribution in [1.29, 1.82) is 0 Å². The highest BCUT2D eigenvalue weighted by Crippen LogP contribution is 2.29. The van der Waals surface area contributed by atoms with Gasteiger partial charge in [0.25, 0.3) is 5.69 Å². The number of nitrogens with one attached hydrogen (secondary N) is 1. The fourth-order valence-corrected chi connectivity index (χ4v) is 1.92. The number of benzene rings is 2. The normalized spacial score (nSPS) is 10.1. The Labute approximate surface area is 118 Å². The minimum absolute atomic E-state index is 0.0280. The number of hydrogen-bond donors (Lipinski definition) is 2. The summed E-state index contributed by atoms with van der Waals surface area (Å²) in [6.45, 7) is 0. The molecule has 0 fully saturated rings. The number of nitro groups is 1. The zero-order valence-electron chi connectivity index (χ0n) is 10.0. The number of halogens is 1. The quantitative estimate of drug-likeness (QED) is 0.662. The SMILES string of the molecule is O=C(O)c1ccc(Nc2ccccc2[N+](=O)[O-])cc1Cl. The van der Waals surface area contributed by atoms with E-state index in [1.807, 2.05) is 0 Å². The molecule has 20 heavy (non-hydrogen) atoms. The first-order valence-electron chi connectivity index (χ1n) is 5.52. The van der Waals surface area contributed by atoms with Gasteiger partial charge in [-0.3, -0.25) is 10.1 Å². The fraction of sp³-hybridized carbons (Fsp3) is 0. The van der Waals surface area contributed by atoms with Crippen molar-refractivity contribution in [3.63, 3.8) is 0 Å². The number of aromatic carboxylic acids is 1. The lowest BCUT2D eigenvalue weighted by Gasteiger charge is -2.08. The molecule has 0 heterocycles. The molecule has 0 aliphatic heterocycles.